The molecule has 0 bridgehead atoms. The molecule has 0 aliphatic heterocycles. The molecular weight excluding hydrogens is 276 g/mol. The van der Waals surface area contributed by atoms with Gasteiger partial charge in [-0.2, -0.15) is 0 Å². The highest BCUT2D eigenvalue weighted by molar-refractivity contribution is 7.80. The minimum Gasteiger partial charge on any atom is -0.383 e. The van der Waals surface area contributed by atoms with E-state index in [9.17, 15) is 4.79 Å². The quantitative estimate of drug-likeness (QED) is 0.418. The van der Waals surface area contributed by atoms with Crippen molar-refractivity contribution in [3.05, 3.63) is 29.8 Å². The third-order valence-corrected chi connectivity index (χ3v) is 2.75. The van der Waals surface area contributed by atoms with Crippen molar-refractivity contribution in [1.29, 1.82) is 0 Å². The van der Waals surface area contributed by atoms with Gasteiger partial charge >= 0.3 is 0 Å². The SMILES string of the molecule is COCCNC(=S)NNC(=O)c1cccc(N(C)C)c1. The zero-order valence-electron chi connectivity index (χ0n) is 11.9. The molecule has 0 aliphatic rings. The Morgan fingerprint density at radius 3 is 2.75 bits per heavy atom. The van der Waals surface area contributed by atoms with Crippen molar-refractivity contribution in [3.8, 4) is 0 Å². The first-order valence-electron chi connectivity index (χ1n) is 6.15. The van der Waals surface area contributed by atoms with E-state index >= 15 is 0 Å². The number of carbonyl (C=O) groups is 1. The smallest absolute Gasteiger partial charge is 0.269 e. The van der Waals surface area contributed by atoms with Crippen molar-refractivity contribution in [2.24, 2.45) is 0 Å². The van der Waals surface area contributed by atoms with Gasteiger partial charge in [-0.15, -0.1) is 0 Å². The molecule has 0 spiro atoms. The Morgan fingerprint density at radius 1 is 1.35 bits per heavy atom. The maximum atomic E-state index is 11.9. The van der Waals surface area contributed by atoms with Crippen LogP contribution in [0.2, 0.25) is 0 Å². The third kappa shape index (κ3) is 5.41. The van der Waals surface area contributed by atoms with Crippen molar-refractivity contribution in [2.75, 3.05) is 39.3 Å². The Bertz CT molecular complexity index is 465. The number of carbonyl (C=O) groups excluding carboxylic acids is 1. The first-order chi connectivity index (χ1) is 9.54. The first-order valence-corrected chi connectivity index (χ1v) is 6.56. The standard InChI is InChI=1S/C13H20N4O2S/c1-17(2)11-6-4-5-10(9-11)12(18)15-16-13(20)14-7-8-19-3/h4-6,9H,7-8H2,1-3H3,(H,15,18)(H2,14,16,20). The topological polar surface area (TPSA) is 65.6 Å². The van der Waals surface area contributed by atoms with Crippen molar-refractivity contribution in [1.82, 2.24) is 16.2 Å². The lowest BCUT2D eigenvalue weighted by atomic mass is 10.2. The van der Waals surface area contributed by atoms with Crippen molar-refractivity contribution in [3.63, 3.8) is 0 Å². The van der Waals surface area contributed by atoms with Crippen LogP contribution in [-0.2, 0) is 4.74 Å². The Kier molecular flexibility index (Phi) is 6.75. The zero-order chi connectivity index (χ0) is 15.0. The van der Waals surface area contributed by atoms with E-state index < -0.39 is 0 Å². The summed E-state index contributed by atoms with van der Waals surface area (Å²) in [4.78, 5) is 13.9. The Balaban J connectivity index is 2.46. The second kappa shape index (κ2) is 8.34. The van der Waals surface area contributed by atoms with Crippen LogP contribution in [0, 0.1) is 0 Å². The number of benzene rings is 1. The average Bonchev–Trinajstić information content (AvgIpc) is 2.45. The number of hydrogen-bond donors (Lipinski definition) is 3. The number of ether oxygens (including phenoxy) is 1. The summed E-state index contributed by atoms with van der Waals surface area (Å²) in [6.07, 6.45) is 0. The van der Waals surface area contributed by atoms with E-state index in [1.165, 1.54) is 0 Å². The molecule has 1 rings (SSSR count). The van der Waals surface area contributed by atoms with E-state index in [0.29, 0.717) is 23.8 Å². The fourth-order valence-corrected chi connectivity index (χ4v) is 1.57. The second-order valence-corrected chi connectivity index (χ2v) is 4.68. The van der Waals surface area contributed by atoms with Crippen LogP contribution in [0.1, 0.15) is 10.4 Å². The summed E-state index contributed by atoms with van der Waals surface area (Å²) in [6, 6.07) is 7.31. The second-order valence-electron chi connectivity index (χ2n) is 4.27. The van der Waals surface area contributed by atoms with Crippen LogP contribution in [0.15, 0.2) is 24.3 Å². The summed E-state index contributed by atoms with van der Waals surface area (Å²) in [6.45, 7) is 1.12. The molecule has 1 aromatic carbocycles. The van der Waals surface area contributed by atoms with Gasteiger partial charge in [-0.05, 0) is 30.4 Å². The molecule has 0 atom stereocenters. The highest BCUT2D eigenvalue weighted by Crippen LogP contribution is 2.12. The molecule has 7 heteroatoms. The summed E-state index contributed by atoms with van der Waals surface area (Å²) in [7, 11) is 5.45. The largest absolute Gasteiger partial charge is 0.383 e. The number of hydrogen-bond acceptors (Lipinski definition) is 4. The minimum absolute atomic E-state index is 0.246. The zero-order valence-corrected chi connectivity index (χ0v) is 12.7. The molecule has 1 aromatic rings. The predicted octanol–water partition coefficient (Wildman–Crippen LogP) is 0.508. The number of methoxy groups -OCH3 is 1. The molecule has 0 radical (unpaired) electrons. The molecule has 110 valence electrons. The number of thiocarbonyl (C=S) groups is 1. The number of rotatable bonds is 5. The van der Waals surface area contributed by atoms with E-state index in [-0.39, 0.29) is 5.91 Å². The van der Waals surface area contributed by atoms with Gasteiger partial charge in [-0.25, -0.2) is 0 Å². The van der Waals surface area contributed by atoms with Gasteiger partial charge in [0.2, 0.25) is 0 Å². The third-order valence-electron chi connectivity index (χ3n) is 2.51. The molecule has 20 heavy (non-hydrogen) atoms. The van der Waals surface area contributed by atoms with E-state index in [0.717, 1.165) is 5.69 Å². The first kappa shape index (κ1) is 16.2. The number of anilines is 1. The maximum Gasteiger partial charge on any atom is 0.269 e. The van der Waals surface area contributed by atoms with Gasteiger partial charge in [0.1, 0.15) is 0 Å². The molecule has 6 nitrogen and oxygen atoms in total. The Labute approximate surface area is 124 Å². The Morgan fingerprint density at radius 2 is 2.10 bits per heavy atom. The van der Waals surface area contributed by atoms with Crippen LogP contribution in [0.5, 0.6) is 0 Å². The molecule has 0 aliphatic carbocycles. The lowest BCUT2D eigenvalue weighted by molar-refractivity contribution is 0.0943. The van der Waals surface area contributed by atoms with Gasteiger partial charge < -0.3 is 15.0 Å². The molecule has 0 saturated carbocycles. The van der Waals surface area contributed by atoms with E-state index in [1.807, 2.05) is 31.1 Å². The predicted molar refractivity (Wildman–Crippen MR) is 83.8 cm³/mol. The molecule has 0 saturated heterocycles. The Hall–Kier alpha value is -1.86. The summed E-state index contributed by atoms with van der Waals surface area (Å²) < 4.78 is 4.88. The average molecular weight is 296 g/mol. The number of amides is 1. The summed E-state index contributed by atoms with van der Waals surface area (Å²) in [5.41, 5.74) is 6.70. The van der Waals surface area contributed by atoms with Crippen molar-refractivity contribution >= 4 is 28.9 Å². The summed E-state index contributed by atoms with van der Waals surface area (Å²) >= 11 is 5.00. The van der Waals surface area contributed by atoms with Crippen molar-refractivity contribution < 1.29 is 9.53 Å². The van der Waals surface area contributed by atoms with Gasteiger partial charge in [-0.3, -0.25) is 15.6 Å². The molecule has 1 amide bonds. The lowest BCUT2D eigenvalue weighted by Gasteiger charge is -2.14. The van der Waals surface area contributed by atoms with Gasteiger partial charge in [0.05, 0.1) is 6.61 Å². The van der Waals surface area contributed by atoms with Crippen LogP contribution in [-0.4, -0.2) is 45.4 Å². The molecule has 0 fully saturated rings. The fraction of sp³-hybridized carbons (Fsp3) is 0.385. The normalized spacial score (nSPS) is 9.75. The molecule has 0 unspecified atom stereocenters. The molecule has 3 N–H and O–H groups in total. The number of hydrazine groups is 1. The van der Waals surface area contributed by atoms with Crippen LogP contribution in [0.4, 0.5) is 5.69 Å². The monoisotopic (exact) mass is 296 g/mol. The molecule has 0 heterocycles. The van der Waals surface area contributed by atoms with Gasteiger partial charge in [0, 0.05) is 39.0 Å². The van der Waals surface area contributed by atoms with Crippen LogP contribution in [0.25, 0.3) is 0 Å². The molecule has 0 aromatic heterocycles. The van der Waals surface area contributed by atoms with Crippen LogP contribution in [0.3, 0.4) is 0 Å². The van der Waals surface area contributed by atoms with Gasteiger partial charge in [0.15, 0.2) is 5.11 Å². The van der Waals surface area contributed by atoms with E-state index in [2.05, 4.69) is 16.2 Å². The number of nitrogens with zero attached hydrogens (tertiary/aromatic N) is 1. The maximum absolute atomic E-state index is 11.9. The van der Waals surface area contributed by atoms with Gasteiger partial charge in [-0.1, -0.05) is 6.07 Å². The molecular formula is C13H20N4O2S. The summed E-state index contributed by atoms with van der Waals surface area (Å²) in [5.74, 6) is -0.246. The van der Waals surface area contributed by atoms with E-state index in [4.69, 9.17) is 17.0 Å². The summed E-state index contributed by atoms with van der Waals surface area (Å²) in [5, 5.41) is 3.24. The number of nitrogens with one attached hydrogen (secondary N) is 3. The lowest BCUT2D eigenvalue weighted by Crippen LogP contribution is -2.47. The highest BCUT2D eigenvalue weighted by atomic mass is 32.1. The van der Waals surface area contributed by atoms with Gasteiger partial charge in [0.25, 0.3) is 5.91 Å². The minimum atomic E-state index is -0.246. The van der Waals surface area contributed by atoms with E-state index in [1.54, 1.807) is 19.2 Å². The van der Waals surface area contributed by atoms with Crippen LogP contribution >= 0.6 is 12.2 Å². The van der Waals surface area contributed by atoms with Crippen LogP contribution < -0.4 is 21.1 Å². The van der Waals surface area contributed by atoms with Crippen molar-refractivity contribution in [2.45, 2.75) is 0 Å². The highest BCUT2D eigenvalue weighted by Gasteiger charge is 2.07. The fourth-order valence-electron chi connectivity index (χ4n) is 1.42.